The van der Waals surface area contributed by atoms with Crippen LogP contribution in [0.2, 0.25) is 0 Å². The normalized spacial score (nSPS) is 21.4. The fourth-order valence-electron chi connectivity index (χ4n) is 2.30. The first kappa shape index (κ1) is 11.7. The number of anilines is 1. The third kappa shape index (κ3) is 2.48. The highest BCUT2D eigenvalue weighted by molar-refractivity contribution is 6.16. The quantitative estimate of drug-likeness (QED) is 0.763. The van der Waals surface area contributed by atoms with E-state index in [0.29, 0.717) is 23.8 Å². The number of hydrogen-bond donors (Lipinski definition) is 0. The highest BCUT2D eigenvalue weighted by atomic mass is 35.5. The molecule has 4 nitrogen and oxygen atoms in total. The number of nitrogens with zero attached hydrogens (tertiary/aromatic N) is 3. The zero-order valence-corrected chi connectivity index (χ0v) is 10.4. The van der Waals surface area contributed by atoms with Crippen LogP contribution in [0.25, 0.3) is 0 Å². The molecule has 1 fully saturated rings. The molecule has 1 saturated heterocycles. The average Bonchev–Trinajstić information content (AvgIpc) is 2.79. The Labute approximate surface area is 101 Å². The van der Waals surface area contributed by atoms with Gasteiger partial charge in [0.2, 0.25) is 5.89 Å². The maximum atomic E-state index is 5.66. The fraction of sp³-hybridized carbons (Fsp3) is 0.818. The molecule has 1 aromatic rings. The lowest BCUT2D eigenvalue weighted by atomic mass is 9.99. The zero-order valence-electron chi connectivity index (χ0n) is 9.65. The molecular weight excluding hydrogens is 226 g/mol. The summed E-state index contributed by atoms with van der Waals surface area (Å²) in [6, 6.07) is 1.20. The van der Waals surface area contributed by atoms with Crippen LogP contribution < -0.4 is 4.90 Å². The maximum Gasteiger partial charge on any atom is 0.318 e. The molecule has 0 bridgehead atoms. The number of halogens is 1. The third-order valence-corrected chi connectivity index (χ3v) is 3.29. The van der Waals surface area contributed by atoms with Gasteiger partial charge in [0.25, 0.3) is 0 Å². The van der Waals surface area contributed by atoms with Crippen molar-refractivity contribution in [1.82, 2.24) is 10.2 Å². The summed E-state index contributed by atoms with van der Waals surface area (Å²) in [5, 5.41) is 7.98. The molecule has 0 spiro atoms. The molecule has 0 amide bonds. The van der Waals surface area contributed by atoms with E-state index >= 15 is 0 Å². The first-order valence-corrected chi connectivity index (χ1v) is 6.53. The van der Waals surface area contributed by atoms with Crippen molar-refractivity contribution in [3.05, 3.63) is 5.89 Å². The van der Waals surface area contributed by atoms with Gasteiger partial charge in [0.05, 0.1) is 0 Å². The van der Waals surface area contributed by atoms with E-state index in [1.807, 2.05) is 0 Å². The van der Waals surface area contributed by atoms with Crippen LogP contribution in [0.15, 0.2) is 4.42 Å². The average molecular weight is 244 g/mol. The van der Waals surface area contributed by atoms with Gasteiger partial charge < -0.3 is 9.32 Å². The van der Waals surface area contributed by atoms with Crippen LogP contribution in [0, 0.1) is 0 Å². The SMILES string of the molecule is CCCC1CCCCN1c1nnc(CCl)o1. The van der Waals surface area contributed by atoms with Crippen LogP contribution in [0.5, 0.6) is 0 Å². The molecule has 0 radical (unpaired) electrons. The lowest BCUT2D eigenvalue weighted by molar-refractivity contribution is 0.394. The van der Waals surface area contributed by atoms with E-state index in [9.17, 15) is 0 Å². The summed E-state index contributed by atoms with van der Waals surface area (Å²) < 4.78 is 5.52. The molecule has 0 saturated carbocycles. The summed E-state index contributed by atoms with van der Waals surface area (Å²) in [5.41, 5.74) is 0. The van der Waals surface area contributed by atoms with Gasteiger partial charge in [0.1, 0.15) is 5.88 Å². The predicted molar refractivity (Wildman–Crippen MR) is 63.7 cm³/mol. The maximum absolute atomic E-state index is 5.66. The van der Waals surface area contributed by atoms with E-state index in [2.05, 4.69) is 22.0 Å². The van der Waals surface area contributed by atoms with Gasteiger partial charge >= 0.3 is 6.01 Å². The van der Waals surface area contributed by atoms with Crippen molar-refractivity contribution in [1.29, 1.82) is 0 Å². The standard InChI is InChI=1S/C11H18ClN3O/c1-2-5-9-6-3-4-7-15(9)11-14-13-10(8-12)16-11/h9H,2-8H2,1H3. The second kappa shape index (κ2) is 5.53. The van der Waals surface area contributed by atoms with Gasteiger partial charge in [0.15, 0.2) is 0 Å². The van der Waals surface area contributed by atoms with E-state index in [0.717, 1.165) is 6.54 Å². The van der Waals surface area contributed by atoms with Gasteiger partial charge in [-0.05, 0) is 25.7 Å². The van der Waals surface area contributed by atoms with Gasteiger partial charge in [-0.25, -0.2) is 0 Å². The van der Waals surface area contributed by atoms with Crippen molar-refractivity contribution in [3.63, 3.8) is 0 Å². The Morgan fingerprint density at radius 1 is 1.44 bits per heavy atom. The van der Waals surface area contributed by atoms with Crippen molar-refractivity contribution in [2.75, 3.05) is 11.4 Å². The number of alkyl halides is 1. The monoisotopic (exact) mass is 243 g/mol. The number of aromatic nitrogens is 2. The smallest absolute Gasteiger partial charge is 0.318 e. The summed E-state index contributed by atoms with van der Waals surface area (Å²) in [5.74, 6) is 0.803. The van der Waals surface area contributed by atoms with E-state index in [1.54, 1.807) is 0 Å². The van der Waals surface area contributed by atoms with E-state index in [1.165, 1.54) is 32.1 Å². The van der Waals surface area contributed by atoms with Crippen molar-refractivity contribution in [2.45, 2.75) is 50.9 Å². The molecule has 0 aromatic carbocycles. The third-order valence-electron chi connectivity index (χ3n) is 3.07. The minimum absolute atomic E-state index is 0.291. The number of piperidine rings is 1. The summed E-state index contributed by atoms with van der Waals surface area (Å²) >= 11 is 5.66. The summed E-state index contributed by atoms with van der Waals surface area (Å²) in [7, 11) is 0. The summed E-state index contributed by atoms with van der Waals surface area (Å²) in [4.78, 5) is 2.25. The highest BCUT2D eigenvalue weighted by Crippen LogP contribution is 2.26. The molecule has 1 unspecified atom stereocenters. The Balaban J connectivity index is 2.09. The minimum Gasteiger partial charge on any atom is -0.407 e. The number of rotatable bonds is 4. The minimum atomic E-state index is 0.291. The Bertz CT molecular complexity index is 327. The first-order valence-electron chi connectivity index (χ1n) is 6.00. The predicted octanol–water partition coefficient (Wildman–Crippen LogP) is 2.97. The summed E-state index contributed by atoms with van der Waals surface area (Å²) in [6.07, 6.45) is 6.12. The van der Waals surface area contributed by atoms with Crippen LogP contribution in [0.1, 0.15) is 44.9 Å². The van der Waals surface area contributed by atoms with E-state index < -0.39 is 0 Å². The van der Waals surface area contributed by atoms with Crippen LogP contribution in [0.3, 0.4) is 0 Å². The van der Waals surface area contributed by atoms with Gasteiger partial charge in [0, 0.05) is 12.6 Å². The molecule has 1 atom stereocenters. The molecule has 16 heavy (non-hydrogen) atoms. The molecule has 1 aliphatic heterocycles. The van der Waals surface area contributed by atoms with Gasteiger partial charge in [-0.15, -0.1) is 16.7 Å². The molecule has 0 N–H and O–H groups in total. The molecule has 1 aliphatic rings. The van der Waals surface area contributed by atoms with Crippen molar-refractivity contribution >= 4 is 17.6 Å². The van der Waals surface area contributed by atoms with Crippen molar-refractivity contribution < 1.29 is 4.42 Å². The number of hydrogen-bond acceptors (Lipinski definition) is 4. The second-order valence-electron chi connectivity index (χ2n) is 4.24. The van der Waals surface area contributed by atoms with Crippen molar-refractivity contribution in [3.8, 4) is 0 Å². The van der Waals surface area contributed by atoms with Crippen LogP contribution in [-0.2, 0) is 5.88 Å². The van der Waals surface area contributed by atoms with E-state index in [-0.39, 0.29) is 0 Å². The molecule has 0 aliphatic carbocycles. The fourth-order valence-corrected chi connectivity index (χ4v) is 2.41. The lowest BCUT2D eigenvalue weighted by Gasteiger charge is -2.34. The first-order chi connectivity index (χ1) is 7.85. The van der Waals surface area contributed by atoms with Gasteiger partial charge in [-0.1, -0.05) is 18.4 Å². The van der Waals surface area contributed by atoms with E-state index in [4.69, 9.17) is 16.0 Å². The Hall–Kier alpha value is -0.770. The Kier molecular flexibility index (Phi) is 4.04. The Morgan fingerprint density at radius 2 is 2.31 bits per heavy atom. The topological polar surface area (TPSA) is 42.2 Å². The summed E-state index contributed by atoms with van der Waals surface area (Å²) in [6.45, 7) is 3.24. The molecule has 90 valence electrons. The second-order valence-corrected chi connectivity index (χ2v) is 4.51. The van der Waals surface area contributed by atoms with Crippen LogP contribution in [0.4, 0.5) is 6.01 Å². The Morgan fingerprint density at radius 3 is 3.00 bits per heavy atom. The highest BCUT2D eigenvalue weighted by Gasteiger charge is 2.25. The van der Waals surface area contributed by atoms with Gasteiger partial charge in [-0.3, -0.25) is 0 Å². The zero-order chi connectivity index (χ0) is 11.4. The molecule has 2 heterocycles. The molecular formula is C11H18ClN3O. The van der Waals surface area contributed by atoms with Crippen LogP contribution in [-0.4, -0.2) is 22.8 Å². The largest absolute Gasteiger partial charge is 0.407 e. The lowest BCUT2D eigenvalue weighted by Crippen LogP contribution is -2.39. The molecule has 5 heteroatoms. The molecule has 1 aromatic heterocycles. The van der Waals surface area contributed by atoms with Gasteiger partial charge in [-0.2, -0.15) is 0 Å². The molecule has 2 rings (SSSR count). The van der Waals surface area contributed by atoms with Crippen molar-refractivity contribution in [2.24, 2.45) is 0 Å². The van der Waals surface area contributed by atoms with Crippen LogP contribution >= 0.6 is 11.6 Å².